The average molecular weight is 279 g/mol. The highest BCUT2D eigenvalue weighted by molar-refractivity contribution is 5.98. The molecule has 0 aromatic heterocycles. The SMILES string of the molecule is COC1(C(=O)Nc2ccc(OCC(=O)O)cc2)CCC1. The summed E-state index contributed by atoms with van der Waals surface area (Å²) in [4.78, 5) is 22.5. The molecule has 0 radical (unpaired) electrons. The lowest BCUT2D eigenvalue weighted by atomic mass is 9.79. The molecule has 20 heavy (non-hydrogen) atoms. The molecule has 1 aliphatic rings. The predicted molar refractivity (Wildman–Crippen MR) is 71.8 cm³/mol. The van der Waals surface area contributed by atoms with E-state index in [1.807, 2.05) is 0 Å². The topological polar surface area (TPSA) is 84.9 Å². The number of hydrogen-bond donors (Lipinski definition) is 2. The van der Waals surface area contributed by atoms with Gasteiger partial charge >= 0.3 is 5.97 Å². The van der Waals surface area contributed by atoms with Crippen molar-refractivity contribution in [3.05, 3.63) is 24.3 Å². The number of carbonyl (C=O) groups excluding carboxylic acids is 1. The molecule has 0 bridgehead atoms. The van der Waals surface area contributed by atoms with Crippen molar-refractivity contribution < 1.29 is 24.2 Å². The third-order valence-corrected chi connectivity index (χ3v) is 3.44. The molecule has 2 N–H and O–H groups in total. The van der Waals surface area contributed by atoms with Gasteiger partial charge in [-0.15, -0.1) is 0 Å². The average Bonchev–Trinajstić information content (AvgIpc) is 2.37. The number of rotatable bonds is 6. The van der Waals surface area contributed by atoms with Crippen LogP contribution >= 0.6 is 0 Å². The summed E-state index contributed by atoms with van der Waals surface area (Å²) >= 11 is 0. The molecule has 6 heteroatoms. The van der Waals surface area contributed by atoms with Crippen LogP contribution < -0.4 is 10.1 Å². The van der Waals surface area contributed by atoms with Crippen LogP contribution in [0.1, 0.15) is 19.3 Å². The molecule has 0 atom stereocenters. The number of methoxy groups -OCH3 is 1. The Morgan fingerprint density at radius 2 is 1.95 bits per heavy atom. The highest BCUT2D eigenvalue weighted by Gasteiger charge is 2.44. The molecule has 1 amide bonds. The molecule has 6 nitrogen and oxygen atoms in total. The van der Waals surface area contributed by atoms with E-state index in [2.05, 4.69) is 5.32 Å². The van der Waals surface area contributed by atoms with E-state index in [1.165, 1.54) is 0 Å². The minimum absolute atomic E-state index is 0.148. The summed E-state index contributed by atoms with van der Waals surface area (Å²) < 4.78 is 10.3. The van der Waals surface area contributed by atoms with Crippen LogP contribution in [0.3, 0.4) is 0 Å². The molecular weight excluding hydrogens is 262 g/mol. The van der Waals surface area contributed by atoms with E-state index in [9.17, 15) is 9.59 Å². The van der Waals surface area contributed by atoms with Crippen LogP contribution in [0.2, 0.25) is 0 Å². The molecule has 1 aliphatic carbocycles. The highest BCUT2D eigenvalue weighted by atomic mass is 16.5. The largest absolute Gasteiger partial charge is 0.482 e. The fourth-order valence-electron chi connectivity index (χ4n) is 2.05. The number of anilines is 1. The Morgan fingerprint density at radius 3 is 2.40 bits per heavy atom. The van der Waals surface area contributed by atoms with Crippen molar-refractivity contribution in [3.8, 4) is 5.75 Å². The van der Waals surface area contributed by atoms with Crippen molar-refractivity contribution in [2.24, 2.45) is 0 Å². The lowest BCUT2D eigenvalue weighted by Crippen LogP contribution is -2.50. The molecule has 0 unspecified atom stereocenters. The van der Waals surface area contributed by atoms with Crippen molar-refractivity contribution in [1.82, 2.24) is 0 Å². The van der Waals surface area contributed by atoms with Crippen LogP contribution in [0.4, 0.5) is 5.69 Å². The zero-order valence-electron chi connectivity index (χ0n) is 11.2. The maximum absolute atomic E-state index is 12.1. The molecule has 108 valence electrons. The van der Waals surface area contributed by atoms with Gasteiger partial charge in [-0.1, -0.05) is 0 Å². The van der Waals surface area contributed by atoms with Crippen LogP contribution in [-0.4, -0.2) is 36.3 Å². The van der Waals surface area contributed by atoms with Gasteiger partial charge < -0.3 is 19.9 Å². The molecule has 0 saturated heterocycles. The quantitative estimate of drug-likeness (QED) is 0.827. The predicted octanol–water partition coefficient (Wildman–Crippen LogP) is 1.66. The fourth-order valence-corrected chi connectivity index (χ4v) is 2.05. The van der Waals surface area contributed by atoms with E-state index < -0.39 is 18.2 Å². The fraction of sp³-hybridized carbons (Fsp3) is 0.429. The van der Waals surface area contributed by atoms with Crippen LogP contribution in [-0.2, 0) is 14.3 Å². The molecule has 0 aliphatic heterocycles. The summed E-state index contributed by atoms with van der Waals surface area (Å²) in [5.74, 6) is -0.740. The first-order chi connectivity index (χ1) is 9.55. The molecule has 1 fully saturated rings. The Bertz CT molecular complexity index is 487. The van der Waals surface area contributed by atoms with Crippen molar-refractivity contribution in [2.75, 3.05) is 19.0 Å². The van der Waals surface area contributed by atoms with Gasteiger partial charge in [0.15, 0.2) is 6.61 Å². The minimum atomic E-state index is -1.03. The number of hydrogen-bond acceptors (Lipinski definition) is 4. The number of carboxylic acid groups (broad SMARTS) is 1. The maximum Gasteiger partial charge on any atom is 0.341 e. The highest BCUT2D eigenvalue weighted by Crippen LogP contribution is 2.36. The van der Waals surface area contributed by atoms with E-state index in [1.54, 1.807) is 31.4 Å². The van der Waals surface area contributed by atoms with Crippen LogP contribution in [0.25, 0.3) is 0 Å². The Kier molecular flexibility index (Phi) is 4.24. The van der Waals surface area contributed by atoms with E-state index in [-0.39, 0.29) is 5.91 Å². The third kappa shape index (κ3) is 3.08. The van der Waals surface area contributed by atoms with Crippen LogP contribution in [0.5, 0.6) is 5.75 Å². The first-order valence-electron chi connectivity index (χ1n) is 6.37. The summed E-state index contributed by atoms with van der Waals surface area (Å²) in [5, 5.41) is 11.3. The first kappa shape index (κ1) is 14.3. The number of aliphatic carboxylic acids is 1. The van der Waals surface area contributed by atoms with Gasteiger partial charge in [0.05, 0.1) is 0 Å². The van der Waals surface area contributed by atoms with Crippen LogP contribution in [0.15, 0.2) is 24.3 Å². The number of amides is 1. The Labute approximate surface area is 116 Å². The standard InChI is InChI=1S/C14H17NO5/c1-19-14(7-2-8-14)13(18)15-10-3-5-11(6-4-10)20-9-12(16)17/h3-6H,2,7-9H2,1H3,(H,15,18)(H,16,17). The van der Waals surface area contributed by atoms with Gasteiger partial charge in [-0.25, -0.2) is 4.79 Å². The number of carbonyl (C=O) groups is 2. The summed E-state index contributed by atoms with van der Waals surface area (Å²) in [5.41, 5.74) is -0.0700. The molecule has 1 aromatic carbocycles. The van der Waals surface area contributed by atoms with Crippen molar-refractivity contribution in [1.29, 1.82) is 0 Å². The molecule has 1 aromatic rings. The first-order valence-corrected chi connectivity index (χ1v) is 6.37. The molecule has 0 spiro atoms. The summed E-state index contributed by atoms with van der Waals surface area (Å²) in [6.45, 7) is -0.390. The second kappa shape index (κ2) is 5.92. The number of benzene rings is 1. The van der Waals surface area contributed by atoms with Gasteiger partial charge in [-0.3, -0.25) is 4.79 Å². The number of ether oxygens (including phenoxy) is 2. The lowest BCUT2D eigenvalue weighted by Gasteiger charge is -2.38. The smallest absolute Gasteiger partial charge is 0.341 e. The minimum Gasteiger partial charge on any atom is -0.482 e. The van der Waals surface area contributed by atoms with E-state index >= 15 is 0 Å². The van der Waals surface area contributed by atoms with Gasteiger partial charge in [0.25, 0.3) is 5.91 Å². The third-order valence-electron chi connectivity index (χ3n) is 3.44. The summed E-state index contributed by atoms with van der Waals surface area (Å²) in [6.07, 6.45) is 2.45. The van der Waals surface area contributed by atoms with Gasteiger partial charge in [0.1, 0.15) is 11.4 Å². The Morgan fingerprint density at radius 1 is 1.30 bits per heavy atom. The molecule has 1 saturated carbocycles. The van der Waals surface area contributed by atoms with Gasteiger partial charge in [0.2, 0.25) is 0 Å². The Balaban J connectivity index is 1.93. The van der Waals surface area contributed by atoms with Crippen molar-refractivity contribution in [2.45, 2.75) is 24.9 Å². The Hall–Kier alpha value is -2.08. The normalized spacial score (nSPS) is 16.1. The zero-order chi connectivity index (χ0) is 14.6. The van der Waals surface area contributed by atoms with Gasteiger partial charge in [0, 0.05) is 12.8 Å². The lowest BCUT2D eigenvalue weighted by molar-refractivity contribution is -0.148. The zero-order valence-corrected chi connectivity index (χ0v) is 11.2. The number of nitrogens with one attached hydrogen (secondary N) is 1. The molecular formula is C14H17NO5. The van der Waals surface area contributed by atoms with Crippen LogP contribution in [0, 0.1) is 0 Å². The van der Waals surface area contributed by atoms with Crippen molar-refractivity contribution >= 4 is 17.6 Å². The second-order valence-corrected chi connectivity index (χ2v) is 4.71. The summed E-state index contributed by atoms with van der Waals surface area (Å²) in [7, 11) is 1.54. The molecule has 2 rings (SSSR count). The second-order valence-electron chi connectivity index (χ2n) is 4.71. The van der Waals surface area contributed by atoms with E-state index in [0.29, 0.717) is 11.4 Å². The van der Waals surface area contributed by atoms with Gasteiger partial charge in [-0.05, 0) is 43.5 Å². The maximum atomic E-state index is 12.1. The van der Waals surface area contributed by atoms with E-state index in [0.717, 1.165) is 19.3 Å². The number of carboxylic acids is 1. The van der Waals surface area contributed by atoms with Crippen molar-refractivity contribution in [3.63, 3.8) is 0 Å². The molecule has 0 heterocycles. The van der Waals surface area contributed by atoms with E-state index in [4.69, 9.17) is 14.6 Å². The monoisotopic (exact) mass is 279 g/mol. The summed E-state index contributed by atoms with van der Waals surface area (Å²) in [6, 6.07) is 6.55. The van der Waals surface area contributed by atoms with Gasteiger partial charge in [-0.2, -0.15) is 0 Å².